The molecule has 1 atom stereocenters. The standard InChI is InChI=1S/C15H24OS/c1-6-13(16)15(11(4)5)14-8-7-12(17-14)9-10(2)3/h7-8,10-11,15H,6,9H2,1-5H3. The van der Waals surface area contributed by atoms with Crippen molar-refractivity contribution in [3.8, 4) is 0 Å². The number of thiophene rings is 1. The highest BCUT2D eigenvalue weighted by atomic mass is 32.1. The molecule has 0 saturated heterocycles. The summed E-state index contributed by atoms with van der Waals surface area (Å²) < 4.78 is 0. The molecule has 1 unspecified atom stereocenters. The molecule has 2 heteroatoms. The fourth-order valence-corrected chi connectivity index (χ4v) is 3.67. The number of hydrogen-bond acceptors (Lipinski definition) is 2. The first kappa shape index (κ1) is 14.4. The van der Waals surface area contributed by atoms with Crippen LogP contribution in [0.15, 0.2) is 12.1 Å². The molecular weight excluding hydrogens is 228 g/mol. The highest BCUT2D eigenvalue weighted by Gasteiger charge is 2.24. The number of carbonyl (C=O) groups is 1. The molecule has 0 aliphatic carbocycles. The van der Waals surface area contributed by atoms with Crippen LogP contribution in [-0.4, -0.2) is 5.78 Å². The summed E-state index contributed by atoms with van der Waals surface area (Å²) in [5, 5.41) is 0. The SMILES string of the molecule is CCC(=O)C(c1ccc(CC(C)C)s1)C(C)C. The van der Waals surface area contributed by atoms with Crippen LogP contribution in [0, 0.1) is 11.8 Å². The van der Waals surface area contributed by atoms with E-state index < -0.39 is 0 Å². The molecule has 0 aromatic carbocycles. The average Bonchev–Trinajstić information content (AvgIpc) is 2.64. The fraction of sp³-hybridized carbons (Fsp3) is 0.667. The predicted octanol–water partition coefficient (Wildman–Crippen LogP) is 4.67. The van der Waals surface area contributed by atoms with Crippen LogP contribution < -0.4 is 0 Å². The Bertz CT molecular complexity index is 363. The fourth-order valence-electron chi connectivity index (χ4n) is 2.15. The van der Waals surface area contributed by atoms with Gasteiger partial charge in [-0.25, -0.2) is 0 Å². The van der Waals surface area contributed by atoms with Crippen molar-refractivity contribution in [2.45, 2.75) is 53.4 Å². The van der Waals surface area contributed by atoms with Gasteiger partial charge in [-0.3, -0.25) is 4.79 Å². The zero-order chi connectivity index (χ0) is 13.0. The monoisotopic (exact) mass is 252 g/mol. The van der Waals surface area contributed by atoms with Crippen LogP contribution in [-0.2, 0) is 11.2 Å². The van der Waals surface area contributed by atoms with E-state index in [1.165, 1.54) is 9.75 Å². The molecule has 0 N–H and O–H groups in total. The minimum Gasteiger partial charge on any atom is -0.299 e. The molecule has 0 spiro atoms. The average molecular weight is 252 g/mol. The molecule has 0 bridgehead atoms. The molecule has 96 valence electrons. The Kier molecular flexibility index (Phi) is 5.38. The van der Waals surface area contributed by atoms with Crippen molar-refractivity contribution in [3.05, 3.63) is 21.9 Å². The second kappa shape index (κ2) is 6.34. The van der Waals surface area contributed by atoms with Crippen molar-refractivity contribution in [3.63, 3.8) is 0 Å². The number of hydrogen-bond donors (Lipinski definition) is 0. The molecule has 1 nitrogen and oxygen atoms in total. The van der Waals surface area contributed by atoms with Gasteiger partial charge in [0.05, 0.1) is 5.92 Å². The van der Waals surface area contributed by atoms with E-state index in [0.717, 1.165) is 6.42 Å². The number of rotatable bonds is 6. The molecule has 0 saturated carbocycles. The van der Waals surface area contributed by atoms with Gasteiger partial charge in [-0.05, 0) is 30.4 Å². The Balaban J connectivity index is 2.88. The van der Waals surface area contributed by atoms with Gasteiger partial charge in [0.2, 0.25) is 0 Å². The van der Waals surface area contributed by atoms with E-state index in [2.05, 4.69) is 39.8 Å². The zero-order valence-electron chi connectivity index (χ0n) is 11.6. The first-order chi connectivity index (χ1) is 7.95. The molecule has 0 aliphatic rings. The molecule has 1 rings (SSSR count). The van der Waals surface area contributed by atoms with E-state index >= 15 is 0 Å². The maximum atomic E-state index is 12.0. The Morgan fingerprint density at radius 2 is 1.88 bits per heavy atom. The van der Waals surface area contributed by atoms with E-state index in [0.29, 0.717) is 24.0 Å². The maximum absolute atomic E-state index is 12.0. The van der Waals surface area contributed by atoms with Crippen LogP contribution in [0.1, 0.15) is 56.7 Å². The largest absolute Gasteiger partial charge is 0.299 e. The second-order valence-electron chi connectivity index (χ2n) is 5.44. The van der Waals surface area contributed by atoms with E-state index in [1.54, 1.807) is 0 Å². The molecule has 17 heavy (non-hydrogen) atoms. The van der Waals surface area contributed by atoms with E-state index in [-0.39, 0.29) is 5.92 Å². The van der Waals surface area contributed by atoms with Gasteiger partial charge in [0.15, 0.2) is 0 Å². The Morgan fingerprint density at radius 3 is 2.35 bits per heavy atom. The third-order valence-corrected chi connectivity index (χ3v) is 4.15. The van der Waals surface area contributed by atoms with Gasteiger partial charge >= 0.3 is 0 Å². The van der Waals surface area contributed by atoms with Gasteiger partial charge in [-0.15, -0.1) is 11.3 Å². The highest BCUT2D eigenvalue weighted by Crippen LogP contribution is 2.32. The van der Waals surface area contributed by atoms with Crippen LogP contribution in [0.5, 0.6) is 0 Å². The van der Waals surface area contributed by atoms with E-state index in [4.69, 9.17) is 0 Å². The summed E-state index contributed by atoms with van der Waals surface area (Å²) >= 11 is 1.82. The minimum atomic E-state index is 0.103. The summed E-state index contributed by atoms with van der Waals surface area (Å²) in [7, 11) is 0. The zero-order valence-corrected chi connectivity index (χ0v) is 12.4. The lowest BCUT2D eigenvalue weighted by atomic mass is 9.89. The van der Waals surface area contributed by atoms with Crippen molar-refractivity contribution >= 4 is 17.1 Å². The molecular formula is C15H24OS. The second-order valence-corrected chi connectivity index (χ2v) is 6.64. The van der Waals surface area contributed by atoms with Gasteiger partial charge in [0, 0.05) is 16.2 Å². The first-order valence-electron chi connectivity index (χ1n) is 6.57. The lowest BCUT2D eigenvalue weighted by molar-refractivity contribution is -0.121. The Morgan fingerprint density at radius 1 is 1.24 bits per heavy atom. The number of ketones is 1. The first-order valence-corrected chi connectivity index (χ1v) is 7.38. The Labute approximate surface area is 109 Å². The van der Waals surface area contributed by atoms with Gasteiger partial charge in [0.25, 0.3) is 0 Å². The summed E-state index contributed by atoms with van der Waals surface area (Å²) in [6.07, 6.45) is 1.76. The van der Waals surface area contributed by atoms with Gasteiger partial charge in [0.1, 0.15) is 5.78 Å². The van der Waals surface area contributed by atoms with Crippen molar-refractivity contribution < 1.29 is 4.79 Å². The Hall–Kier alpha value is -0.630. The number of carbonyl (C=O) groups excluding carboxylic acids is 1. The van der Waals surface area contributed by atoms with Gasteiger partial charge in [-0.1, -0.05) is 34.6 Å². The summed E-state index contributed by atoms with van der Waals surface area (Å²) in [5.41, 5.74) is 0. The molecule has 1 aromatic heterocycles. The predicted molar refractivity (Wildman–Crippen MR) is 75.7 cm³/mol. The molecule has 1 aromatic rings. The topological polar surface area (TPSA) is 17.1 Å². The summed E-state index contributed by atoms with van der Waals surface area (Å²) in [6.45, 7) is 10.7. The van der Waals surface area contributed by atoms with Crippen LogP contribution in [0.2, 0.25) is 0 Å². The van der Waals surface area contributed by atoms with Crippen LogP contribution in [0.25, 0.3) is 0 Å². The summed E-state index contributed by atoms with van der Waals surface area (Å²) in [4.78, 5) is 14.7. The molecule has 0 fully saturated rings. The van der Waals surface area contributed by atoms with Crippen LogP contribution in [0.4, 0.5) is 0 Å². The van der Waals surface area contributed by atoms with Crippen molar-refractivity contribution in [1.29, 1.82) is 0 Å². The molecule has 0 amide bonds. The highest BCUT2D eigenvalue weighted by molar-refractivity contribution is 7.12. The van der Waals surface area contributed by atoms with E-state index in [9.17, 15) is 4.79 Å². The van der Waals surface area contributed by atoms with Crippen molar-refractivity contribution in [2.24, 2.45) is 11.8 Å². The number of Topliss-reactive ketones (excluding diaryl/α,β-unsaturated/α-hetero) is 1. The van der Waals surface area contributed by atoms with Crippen molar-refractivity contribution in [2.75, 3.05) is 0 Å². The quantitative estimate of drug-likeness (QED) is 0.719. The normalized spacial score (nSPS) is 13.4. The molecule has 0 radical (unpaired) electrons. The maximum Gasteiger partial charge on any atom is 0.141 e. The summed E-state index contributed by atoms with van der Waals surface area (Å²) in [5.74, 6) is 1.55. The lowest BCUT2D eigenvalue weighted by Crippen LogP contribution is -2.16. The third kappa shape index (κ3) is 3.95. The summed E-state index contributed by atoms with van der Waals surface area (Å²) in [6, 6.07) is 4.35. The van der Waals surface area contributed by atoms with Crippen LogP contribution in [0.3, 0.4) is 0 Å². The third-order valence-electron chi connectivity index (χ3n) is 2.96. The van der Waals surface area contributed by atoms with E-state index in [1.807, 2.05) is 18.3 Å². The molecule has 1 heterocycles. The smallest absolute Gasteiger partial charge is 0.141 e. The lowest BCUT2D eigenvalue weighted by Gasteiger charge is -2.17. The van der Waals surface area contributed by atoms with Crippen molar-refractivity contribution in [1.82, 2.24) is 0 Å². The molecule has 0 aliphatic heterocycles. The van der Waals surface area contributed by atoms with Crippen LogP contribution >= 0.6 is 11.3 Å². The van der Waals surface area contributed by atoms with Gasteiger partial charge in [-0.2, -0.15) is 0 Å². The minimum absolute atomic E-state index is 0.103. The van der Waals surface area contributed by atoms with Gasteiger partial charge < -0.3 is 0 Å².